The fraction of sp³-hybridized carbons (Fsp3) is 0.600. The summed E-state index contributed by atoms with van der Waals surface area (Å²) in [5.74, 6) is 1.53. The topological polar surface area (TPSA) is 46.6 Å². The van der Waals surface area contributed by atoms with E-state index in [-0.39, 0.29) is 0 Å². The molecular formula is C20H27NO3. The summed E-state index contributed by atoms with van der Waals surface area (Å²) in [4.78, 5) is 25.0. The van der Waals surface area contributed by atoms with Crippen LogP contribution in [0.4, 0.5) is 0 Å². The fourth-order valence-corrected chi connectivity index (χ4v) is 4.22. The molecule has 2 aliphatic rings. The number of fused-ring (bicyclic) bond motifs is 1. The smallest absolute Gasteiger partial charge is 0.293 e. The van der Waals surface area contributed by atoms with Crippen molar-refractivity contribution < 1.29 is 14.3 Å². The van der Waals surface area contributed by atoms with Crippen LogP contribution in [0.15, 0.2) is 24.3 Å². The molecule has 1 aromatic carbocycles. The molecule has 0 aromatic heterocycles. The lowest BCUT2D eigenvalue weighted by Gasteiger charge is -2.37. The number of rotatable bonds is 7. The predicted molar refractivity (Wildman–Crippen MR) is 93.0 cm³/mol. The van der Waals surface area contributed by atoms with Crippen LogP contribution in [0.1, 0.15) is 48.0 Å². The molecule has 24 heavy (non-hydrogen) atoms. The molecule has 1 fully saturated rings. The highest BCUT2D eigenvalue weighted by atomic mass is 16.5. The van der Waals surface area contributed by atoms with Crippen molar-refractivity contribution in [1.29, 1.82) is 0 Å². The predicted octanol–water partition coefficient (Wildman–Crippen LogP) is 3.10. The van der Waals surface area contributed by atoms with Crippen molar-refractivity contribution >= 4 is 12.3 Å². The van der Waals surface area contributed by atoms with Crippen molar-refractivity contribution in [3.63, 3.8) is 0 Å². The molecule has 1 saturated heterocycles. The molecule has 1 aromatic rings. The Hall–Kier alpha value is -1.68. The van der Waals surface area contributed by atoms with Gasteiger partial charge in [0.1, 0.15) is 0 Å². The molecule has 0 radical (unpaired) electrons. The minimum atomic E-state index is 0.333. The van der Waals surface area contributed by atoms with E-state index in [1.165, 1.54) is 18.4 Å². The monoisotopic (exact) mass is 329 g/mol. The number of Topliss-reactive ketones (excluding diaryl/α,β-unsaturated/α-hetero) is 1. The molecule has 4 nitrogen and oxygen atoms in total. The number of nitrogens with zero attached hydrogens (tertiary/aromatic N) is 1. The third-order valence-corrected chi connectivity index (χ3v) is 5.60. The second-order valence-corrected chi connectivity index (χ2v) is 7.10. The van der Waals surface area contributed by atoms with E-state index in [9.17, 15) is 9.59 Å². The van der Waals surface area contributed by atoms with Crippen LogP contribution in [0.25, 0.3) is 0 Å². The molecule has 0 saturated carbocycles. The van der Waals surface area contributed by atoms with E-state index in [1.807, 2.05) is 18.2 Å². The lowest BCUT2D eigenvalue weighted by atomic mass is 9.73. The van der Waals surface area contributed by atoms with Crippen LogP contribution in [0.5, 0.6) is 0 Å². The van der Waals surface area contributed by atoms with Gasteiger partial charge in [-0.25, -0.2) is 0 Å². The maximum Gasteiger partial charge on any atom is 0.293 e. The van der Waals surface area contributed by atoms with Gasteiger partial charge < -0.3 is 9.64 Å². The van der Waals surface area contributed by atoms with Crippen LogP contribution in [-0.2, 0) is 16.0 Å². The first-order valence-corrected chi connectivity index (χ1v) is 9.16. The van der Waals surface area contributed by atoms with Crippen LogP contribution in [-0.4, -0.2) is 43.4 Å². The van der Waals surface area contributed by atoms with Gasteiger partial charge in [-0.1, -0.05) is 24.3 Å². The molecule has 0 amide bonds. The van der Waals surface area contributed by atoms with Gasteiger partial charge in [0.25, 0.3) is 6.47 Å². The summed E-state index contributed by atoms with van der Waals surface area (Å²) in [5.41, 5.74) is 2.19. The van der Waals surface area contributed by atoms with Gasteiger partial charge in [-0.3, -0.25) is 9.59 Å². The summed E-state index contributed by atoms with van der Waals surface area (Å²) in [6.07, 6.45) is 6.20. The molecule has 1 heterocycles. The fourth-order valence-electron chi connectivity index (χ4n) is 4.22. The van der Waals surface area contributed by atoms with Crippen molar-refractivity contribution in [2.45, 2.75) is 38.5 Å². The zero-order valence-electron chi connectivity index (χ0n) is 14.3. The number of ketones is 1. The van der Waals surface area contributed by atoms with Gasteiger partial charge in [0, 0.05) is 12.0 Å². The van der Waals surface area contributed by atoms with Crippen molar-refractivity contribution in [1.82, 2.24) is 4.90 Å². The number of ether oxygens (including phenoxy) is 1. The highest BCUT2D eigenvalue weighted by Gasteiger charge is 2.32. The minimum Gasteiger partial charge on any atom is -0.468 e. The number of carbonyl (C=O) groups excluding carboxylic acids is 2. The van der Waals surface area contributed by atoms with Gasteiger partial charge >= 0.3 is 0 Å². The maximum atomic E-state index is 12.4. The Bertz CT molecular complexity index is 564. The Morgan fingerprint density at radius 3 is 2.67 bits per heavy atom. The molecule has 0 N–H and O–H groups in total. The Kier molecular flexibility index (Phi) is 6.02. The van der Waals surface area contributed by atoms with E-state index in [0.29, 0.717) is 30.7 Å². The zero-order chi connectivity index (χ0) is 16.8. The molecular weight excluding hydrogens is 302 g/mol. The lowest BCUT2D eigenvalue weighted by molar-refractivity contribution is -0.128. The first-order chi connectivity index (χ1) is 11.8. The van der Waals surface area contributed by atoms with Crippen LogP contribution in [0.3, 0.4) is 0 Å². The van der Waals surface area contributed by atoms with E-state index in [0.717, 1.165) is 50.9 Å². The Morgan fingerprint density at radius 1 is 1.08 bits per heavy atom. The summed E-state index contributed by atoms with van der Waals surface area (Å²) in [6, 6.07) is 8.11. The number of piperidine rings is 1. The summed E-state index contributed by atoms with van der Waals surface area (Å²) in [5, 5.41) is 0. The van der Waals surface area contributed by atoms with Crippen LogP contribution in [0, 0.1) is 11.8 Å². The molecule has 4 heteroatoms. The average molecular weight is 329 g/mol. The first kappa shape index (κ1) is 17.2. The summed E-state index contributed by atoms with van der Waals surface area (Å²) in [6.45, 7) is 4.40. The highest BCUT2D eigenvalue weighted by molar-refractivity contribution is 5.98. The molecule has 1 aliphatic carbocycles. The molecule has 3 rings (SSSR count). The summed E-state index contributed by atoms with van der Waals surface area (Å²) in [7, 11) is 0. The number of hydrogen-bond acceptors (Lipinski definition) is 4. The van der Waals surface area contributed by atoms with Crippen molar-refractivity contribution in [2.75, 3.05) is 26.2 Å². The van der Waals surface area contributed by atoms with Gasteiger partial charge in [0.2, 0.25) is 0 Å². The third-order valence-electron chi connectivity index (χ3n) is 5.60. The van der Waals surface area contributed by atoms with E-state index >= 15 is 0 Å². The average Bonchev–Trinajstić information content (AvgIpc) is 2.62. The number of carbonyl (C=O) groups is 2. The number of likely N-dealkylation sites (tertiary alicyclic amines) is 1. The zero-order valence-corrected chi connectivity index (χ0v) is 14.3. The molecule has 130 valence electrons. The van der Waals surface area contributed by atoms with E-state index in [1.54, 1.807) is 0 Å². The van der Waals surface area contributed by atoms with E-state index < -0.39 is 0 Å². The standard InChI is InChI=1S/C20H27NO3/c22-15-24-12-4-3-9-21-10-7-16(8-11-21)18-13-17-5-1-2-6-19(17)20(23)14-18/h1-2,5-6,15-16,18H,3-4,7-14H2. The lowest BCUT2D eigenvalue weighted by Crippen LogP contribution is -2.38. The van der Waals surface area contributed by atoms with Crippen molar-refractivity contribution in [2.24, 2.45) is 11.8 Å². The summed E-state index contributed by atoms with van der Waals surface area (Å²) < 4.78 is 4.73. The SMILES string of the molecule is O=COCCCCN1CCC(C2CC(=O)c3ccccc3C2)CC1. The van der Waals surface area contributed by atoms with Gasteiger partial charge in [-0.05, 0) is 69.1 Å². The van der Waals surface area contributed by atoms with Gasteiger partial charge in [-0.2, -0.15) is 0 Å². The normalized spacial score (nSPS) is 22.2. The maximum absolute atomic E-state index is 12.4. The summed E-state index contributed by atoms with van der Waals surface area (Å²) >= 11 is 0. The number of unbranched alkanes of at least 4 members (excludes halogenated alkanes) is 1. The Balaban J connectivity index is 1.44. The first-order valence-electron chi connectivity index (χ1n) is 9.16. The molecule has 1 unspecified atom stereocenters. The Morgan fingerprint density at radius 2 is 1.88 bits per heavy atom. The van der Waals surface area contributed by atoms with Gasteiger partial charge in [0.15, 0.2) is 5.78 Å². The second kappa shape index (κ2) is 8.43. The minimum absolute atomic E-state index is 0.333. The van der Waals surface area contributed by atoms with Crippen molar-refractivity contribution in [3.8, 4) is 0 Å². The van der Waals surface area contributed by atoms with Crippen molar-refractivity contribution in [3.05, 3.63) is 35.4 Å². The second-order valence-electron chi connectivity index (χ2n) is 7.10. The molecule has 1 aliphatic heterocycles. The van der Waals surface area contributed by atoms with Gasteiger partial charge in [-0.15, -0.1) is 0 Å². The van der Waals surface area contributed by atoms with Crippen LogP contribution < -0.4 is 0 Å². The van der Waals surface area contributed by atoms with E-state index in [4.69, 9.17) is 4.74 Å². The third kappa shape index (κ3) is 4.23. The quantitative estimate of drug-likeness (QED) is 0.570. The molecule has 1 atom stereocenters. The largest absolute Gasteiger partial charge is 0.468 e. The van der Waals surface area contributed by atoms with Crippen LogP contribution >= 0.6 is 0 Å². The molecule has 0 bridgehead atoms. The molecule has 0 spiro atoms. The number of benzene rings is 1. The highest BCUT2D eigenvalue weighted by Crippen LogP contribution is 2.35. The van der Waals surface area contributed by atoms with Crippen LogP contribution in [0.2, 0.25) is 0 Å². The van der Waals surface area contributed by atoms with E-state index in [2.05, 4.69) is 11.0 Å². The Labute approximate surface area is 144 Å². The number of hydrogen-bond donors (Lipinski definition) is 0. The van der Waals surface area contributed by atoms with Gasteiger partial charge in [0.05, 0.1) is 6.61 Å².